The summed E-state index contributed by atoms with van der Waals surface area (Å²) in [6.45, 7) is 3.06. The molecule has 1 saturated heterocycles. The van der Waals surface area contributed by atoms with Gasteiger partial charge in [-0.3, -0.25) is 4.79 Å². The molecular weight excluding hydrogens is 316 g/mol. The Balaban J connectivity index is 1.60. The molecule has 0 aliphatic carbocycles. The van der Waals surface area contributed by atoms with E-state index in [-0.39, 0.29) is 5.91 Å². The zero-order chi connectivity index (χ0) is 17.8. The molecule has 1 aliphatic rings. The number of methoxy groups -OCH3 is 1. The zero-order valence-electron chi connectivity index (χ0n) is 15.0. The van der Waals surface area contributed by atoms with Crippen LogP contribution in [0.1, 0.15) is 10.4 Å². The monoisotopic (exact) mass is 340 g/mol. The smallest absolute Gasteiger partial charge is 0.255 e. The van der Waals surface area contributed by atoms with Crippen LogP contribution < -0.4 is 14.5 Å². The van der Waals surface area contributed by atoms with Gasteiger partial charge in [-0.05, 0) is 36.4 Å². The van der Waals surface area contributed by atoms with E-state index in [1.165, 1.54) is 0 Å². The number of carbonyl (C=O) groups excluding carboxylic acids is 1. The SMILES string of the molecule is COc1ccc(N2CCN(C(=O)c3ccc(N(C)C)nc3)CC2)cc1. The van der Waals surface area contributed by atoms with Crippen molar-refractivity contribution in [2.24, 2.45) is 0 Å². The van der Waals surface area contributed by atoms with Crippen LogP contribution in [0.25, 0.3) is 0 Å². The minimum Gasteiger partial charge on any atom is -0.497 e. The summed E-state index contributed by atoms with van der Waals surface area (Å²) in [6.07, 6.45) is 1.66. The highest BCUT2D eigenvalue weighted by Crippen LogP contribution is 2.21. The average Bonchev–Trinajstić information content (AvgIpc) is 2.67. The summed E-state index contributed by atoms with van der Waals surface area (Å²) in [5, 5.41) is 0. The Morgan fingerprint density at radius 2 is 1.72 bits per heavy atom. The van der Waals surface area contributed by atoms with Crippen LogP contribution in [0, 0.1) is 0 Å². The number of anilines is 2. The first-order valence-corrected chi connectivity index (χ1v) is 8.40. The first-order chi connectivity index (χ1) is 12.1. The van der Waals surface area contributed by atoms with E-state index in [9.17, 15) is 4.79 Å². The number of nitrogens with zero attached hydrogens (tertiary/aromatic N) is 4. The number of pyridine rings is 1. The summed E-state index contributed by atoms with van der Waals surface area (Å²) in [4.78, 5) is 23.1. The summed E-state index contributed by atoms with van der Waals surface area (Å²) < 4.78 is 5.20. The second-order valence-corrected chi connectivity index (χ2v) is 6.28. The predicted molar refractivity (Wildman–Crippen MR) is 99.7 cm³/mol. The highest BCUT2D eigenvalue weighted by molar-refractivity contribution is 5.94. The number of piperazine rings is 1. The number of carbonyl (C=O) groups is 1. The quantitative estimate of drug-likeness (QED) is 0.853. The van der Waals surface area contributed by atoms with Crippen LogP contribution in [0.4, 0.5) is 11.5 Å². The summed E-state index contributed by atoms with van der Waals surface area (Å²) in [5.74, 6) is 1.75. The molecule has 1 aromatic heterocycles. The van der Waals surface area contributed by atoms with Gasteiger partial charge in [-0.1, -0.05) is 0 Å². The van der Waals surface area contributed by atoms with Crippen molar-refractivity contribution < 1.29 is 9.53 Å². The van der Waals surface area contributed by atoms with E-state index in [2.05, 4.69) is 22.0 Å². The molecule has 1 fully saturated rings. The molecule has 6 heteroatoms. The summed E-state index contributed by atoms with van der Waals surface area (Å²) >= 11 is 0. The van der Waals surface area contributed by atoms with E-state index < -0.39 is 0 Å². The minimum absolute atomic E-state index is 0.0483. The maximum absolute atomic E-state index is 12.6. The molecule has 0 saturated carbocycles. The number of ether oxygens (including phenoxy) is 1. The lowest BCUT2D eigenvalue weighted by atomic mass is 10.2. The Bertz CT molecular complexity index is 705. The van der Waals surface area contributed by atoms with Crippen LogP contribution in [-0.4, -0.2) is 63.2 Å². The Morgan fingerprint density at radius 3 is 2.24 bits per heavy atom. The number of hydrogen-bond acceptors (Lipinski definition) is 5. The Morgan fingerprint density at radius 1 is 1.04 bits per heavy atom. The van der Waals surface area contributed by atoms with Gasteiger partial charge in [0.15, 0.2) is 0 Å². The van der Waals surface area contributed by atoms with Gasteiger partial charge in [-0.25, -0.2) is 4.98 Å². The number of amides is 1. The van der Waals surface area contributed by atoms with Crippen molar-refractivity contribution in [1.82, 2.24) is 9.88 Å². The van der Waals surface area contributed by atoms with Crippen molar-refractivity contribution in [2.45, 2.75) is 0 Å². The van der Waals surface area contributed by atoms with E-state index in [0.717, 1.165) is 30.3 Å². The molecule has 1 amide bonds. The van der Waals surface area contributed by atoms with Crippen LogP contribution >= 0.6 is 0 Å². The largest absolute Gasteiger partial charge is 0.497 e. The molecule has 0 atom stereocenters. The van der Waals surface area contributed by atoms with Crippen LogP contribution in [0.2, 0.25) is 0 Å². The molecule has 1 aromatic carbocycles. The number of aromatic nitrogens is 1. The van der Waals surface area contributed by atoms with E-state index >= 15 is 0 Å². The molecule has 1 aliphatic heterocycles. The van der Waals surface area contributed by atoms with Crippen molar-refractivity contribution in [2.75, 3.05) is 57.2 Å². The zero-order valence-corrected chi connectivity index (χ0v) is 15.0. The number of rotatable bonds is 4. The highest BCUT2D eigenvalue weighted by atomic mass is 16.5. The van der Waals surface area contributed by atoms with Crippen molar-refractivity contribution in [3.05, 3.63) is 48.2 Å². The average molecular weight is 340 g/mol. The lowest BCUT2D eigenvalue weighted by Crippen LogP contribution is -2.48. The van der Waals surface area contributed by atoms with Gasteiger partial charge in [-0.2, -0.15) is 0 Å². The number of hydrogen-bond donors (Lipinski definition) is 0. The third kappa shape index (κ3) is 3.84. The lowest BCUT2D eigenvalue weighted by molar-refractivity contribution is 0.0746. The van der Waals surface area contributed by atoms with E-state index in [4.69, 9.17) is 4.74 Å². The third-order valence-corrected chi connectivity index (χ3v) is 4.46. The first kappa shape index (κ1) is 17.1. The van der Waals surface area contributed by atoms with Crippen molar-refractivity contribution in [1.29, 1.82) is 0 Å². The molecule has 0 radical (unpaired) electrons. The molecule has 0 N–H and O–H groups in total. The Kier molecular flexibility index (Phi) is 5.07. The topological polar surface area (TPSA) is 48.9 Å². The third-order valence-electron chi connectivity index (χ3n) is 4.46. The second-order valence-electron chi connectivity index (χ2n) is 6.28. The molecule has 3 rings (SSSR count). The molecule has 25 heavy (non-hydrogen) atoms. The standard InChI is InChI=1S/C19H24N4O2/c1-21(2)18-9-4-15(14-20-18)19(24)23-12-10-22(11-13-23)16-5-7-17(25-3)8-6-16/h4-9,14H,10-13H2,1-3H3. The first-order valence-electron chi connectivity index (χ1n) is 8.40. The fraction of sp³-hybridized carbons (Fsp3) is 0.368. The lowest BCUT2D eigenvalue weighted by Gasteiger charge is -2.36. The molecule has 132 valence electrons. The van der Waals surface area contributed by atoms with Gasteiger partial charge in [0.05, 0.1) is 12.7 Å². The predicted octanol–water partition coefficient (Wildman–Crippen LogP) is 2.12. The summed E-state index contributed by atoms with van der Waals surface area (Å²) in [5.41, 5.74) is 1.80. The maximum Gasteiger partial charge on any atom is 0.255 e. The van der Waals surface area contributed by atoms with Crippen molar-refractivity contribution in [3.63, 3.8) is 0 Å². The van der Waals surface area contributed by atoms with Gasteiger partial charge in [0.2, 0.25) is 0 Å². The fourth-order valence-corrected chi connectivity index (χ4v) is 2.92. The second kappa shape index (κ2) is 7.42. The molecule has 2 heterocycles. The van der Waals surface area contributed by atoms with Crippen molar-refractivity contribution in [3.8, 4) is 5.75 Å². The van der Waals surface area contributed by atoms with Gasteiger partial charge in [0.25, 0.3) is 5.91 Å². The Hall–Kier alpha value is -2.76. The van der Waals surface area contributed by atoms with E-state index in [1.54, 1.807) is 13.3 Å². The van der Waals surface area contributed by atoms with E-state index in [0.29, 0.717) is 18.7 Å². The molecule has 0 bridgehead atoms. The van der Waals surface area contributed by atoms with Gasteiger partial charge >= 0.3 is 0 Å². The molecule has 0 unspecified atom stereocenters. The van der Waals surface area contributed by atoms with Gasteiger partial charge < -0.3 is 19.4 Å². The van der Waals surface area contributed by atoms with Gasteiger partial charge in [0, 0.05) is 52.2 Å². The van der Waals surface area contributed by atoms with Gasteiger partial charge in [0.1, 0.15) is 11.6 Å². The van der Waals surface area contributed by atoms with E-state index in [1.807, 2.05) is 48.2 Å². The minimum atomic E-state index is 0.0483. The molecule has 2 aromatic rings. The molecular formula is C19H24N4O2. The maximum atomic E-state index is 12.6. The van der Waals surface area contributed by atoms with Crippen LogP contribution in [0.5, 0.6) is 5.75 Å². The molecule has 6 nitrogen and oxygen atoms in total. The van der Waals surface area contributed by atoms with Gasteiger partial charge in [-0.15, -0.1) is 0 Å². The van der Waals surface area contributed by atoms with Crippen LogP contribution in [0.3, 0.4) is 0 Å². The fourth-order valence-electron chi connectivity index (χ4n) is 2.92. The normalized spacial score (nSPS) is 14.4. The summed E-state index contributed by atoms with van der Waals surface area (Å²) in [6, 6.07) is 11.8. The van der Waals surface area contributed by atoms with Crippen LogP contribution in [0.15, 0.2) is 42.6 Å². The Labute approximate surface area is 148 Å². The molecule has 0 spiro atoms. The number of benzene rings is 1. The van der Waals surface area contributed by atoms with Crippen molar-refractivity contribution >= 4 is 17.4 Å². The van der Waals surface area contributed by atoms with Crippen LogP contribution in [-0.2, 0) is 0 Å². The highest BCUT2D eigenvalue weighted by Gasteiger charge is 2.22. The summed E-state index contributed by atoms with van der Waals surface area (Å²) in [7, 11) is 5.53.